The zero-order valence-electron chi connectivity index (χ0n) is 38.5. The molecule has 0 rings (SSSR count). The molecule has 0 bridgehead atoms. The van der Waals surface area contributed by atoms with Crippen LogP contribution < -0.4 is 0 Å². The van der Waals surface area contributed by atoms with E-state index in [0.29, 0.717) is 19.3 Å². The molecule has 1 atom stereocenters. The SMILES string of the molecule is CC/C=C\C/C=C\C/C=C\C/C=C\CCCCC(=O)O[C@@H](COC(=O)CCCCCCC/C=C\CCCC)COC(=O)CCCCCCCCC/C=C\CCCCCC. The lowest BCUT2D eigenvalue weighted by Gasteiger charge is -2.18. The molecular weight excluding hydrogens is 733 g/mol. The average molecular weight is 823 g/mol. The summed E-state index contributed by atoms with van der Waals surface area (Å²) in [5.74, 6) is -0.956. The van der Waals surface area contributed by atoms with Crippen molar-refractivity contribution in [3.05, 3.63) is 72.9 Å². The van der Waals surface area contributed by atoms with Crippen molar-refractivity contribution in [2.24, 2.45) is 0 Å². The highest BCUT2D eigenvalue weighted by atomic mass is 16.6. The van der Waals surface area contributed by atoms with Gasteiger partial charge in [-0.1, -0.05) is 177 Å². The maximum Gasteiger partial charge on any atom is 0.306 e. The number of allylic oxidation sites excluding steroid dienone is 12. The van der Waals surface area contributed by atoms with Crippen LogP contribution in [0.4, 0.5) is 0 Å². The third-order valence-electron chi connectivity index (χ3n) is 10.2. The van der Waals surface area contributed by atoms with Gasteiger partial charge in [-0.15, -0.1) is 0 Å². The van der Waals surface area contributed by atoms with Gasteiger partial charge in [-0.2, -0.15) is 0 Å². The molecule has 338 valence electrons. The van der Waals surface area contributed by atoms with E-state index in [-0.39, 0.29) is 37.5 Å². The molecule has 0 aromatic heterocycles. The Morgan fingerprint density at radius 3 is 1.14 bits per heavy atom. The Labute approximate surface area is 363 Å². The number of rotatable bonds is 43. The number of ether oxygens (including phenoxy) is 3. The second-order valence-corrected chi connectivity index (χ2v) is 16.0. The summed E-state index contributed by atoms with van der Waals surface area (Å²) in [6.07, 6.45) is 58.8. The molecule has 0 aliphatic heterocycles. The van der Waals surface area contributed by atoms with Gasteiger partial charge in [0.1, 0.15) is 13.2 Å². The summed E-state index contributed by atoms with van der Waals surface area (Å²) < 4.78 is 16.7. The van der Waals surface area contributed by atoms with Crippen molar-refractivity contribution in [3.8, 4) is 0 Å². The van der Waals surface area contributed by atoms with Crippen LogP contribution in [0, 0.1) is 0 Å². The molecule has 0 aliphatic carbocycles. The monoisotopic (exact) mass is 823 g/mol. The molecule has 0 N–H and O–H groups in total. The number of carbonyl (C=O) groups excluding carboxylic acids is 3. The summed E-state index contributed by atoms with van der Waals surface area (Å²) >= 11 is 0. The molecule has 0 unspecified atom stereocenters. The minimum absolute atomic E-state index is 0.0973. The van der Waals surface area contributed by atoms with Crippen molar-refractivity contribution < 1.29 is 28.6 Å². The number of hydrogen-bond donors (Lipinski definition) is 0. The zero-order chi connectivity index (χ0) is 43.0. The second kappa shape index (κ2) is 47.5. The molecule has 0 aliphatic rings. The molecular formula is C53H90O6. The van der Waals surface area contributed by atoms with Crippen molar-refractivity contribution in [2.75, 3.05) is 13.2 Å². The highest BCUT2D eigenvalue weighted by molar-refractivity contribution is 5.71. The maximum atomic E-state index is 12.7. The van der Waals surface area contributed by atoms with Crippen molar-refractivity contribution >= 4 is 17.9 Å². The van der Waals surface area contributed by atoms with Crippen LogP contribution in [0.25, 0.3) is 0 Å². The molecule has 0 aromatic carbocycles. The van der Waals surface area contributed by atoms with Gasteiger partial charge in [0.15, 0.2) is 6.10 Å². The summed E-state index contributed by atoms with van der Waals surface area (Å²) in [6.45, 7) is 6.42. The summed E-state index contributed by atoms with van der Waals surface area (Å²) in [7, 11) is 0. The van der Waals surface area contributed by atoms with Gasteiger partial charge in [0.2, 0.25) is 0 Å². The summed E-state index contributed by atoms with van der Waals surface area (Å²) in [6, 6.07) is 0. The molecule has 0 radical (unpaired) electrons. The van der Waals surface area contributed by atoms with Gasteiger partial charge >= 0.3 is 17.9 Å². The lowest BCUT2D eigenvalue weighted by molar-refractivity contribution is -0.167. The Balaban J connectivity index is 4.46. The summed E-state index contributed by atoms with van der Waals surface area (Å²) in [4.78, 5) is 37.8. The van der Waals surface area contributed by atoms with Crippen molar-refractivity contribution in [2.45, 2.75) is 232 Å². The first-order valence-corrected chi connectivity index (χ1v) is 24.4. The first-order chi connectivity index (χ1) is 29.0. The van der Waals surface area contributed by atoms with Crippen LogP contribution in [0.15, 0.2) is 72.9 Å². The standard InChI is InChI=1S/C53H90O6/c1-4-7-10-13-16-19-22-24-26-28-31-34-37-40-43-46-52(55)58-49-50(48-57-51(54)45-42-39-36-33-30-21-18-15-12-9-6-3)59-53(56)47-44-41-38-35-32-29-27-25-23-20-17-14-11-8-5-2/h8,11,15,17-20,22,25,27,32,35,50H,4-7,9-10,12-14,16,21,23-24,26,28-31,33-34,36-49H2,1-3H3/b11-8-,18-15-,20-17-,22-19-,27-25-,35-32-/t50-/m0/s1. The topological polar surface area (TPSA) is 78.9 Å². The fourth-order valence-corrected chi connectivity index (χ4v) is 6.47. The van der Waals surface area contributed by atoms with Crippen LogP contribution in [0.1, 0.15) is 226 Å². The van der Waals surface area contributed by atoms with Crippen LogP contribution >= 0.6 is 0 Å². The molecule has 0 saturated heterocycles. The fraction of sp³-hybridized carbons (Fsp3) is 0.717. The maximum absolute atomic E-state index is 12.7. The molecule has 0 heterocycles. The smallest absolute Gasteiger partial charge is 0.306 e. The van der Waals surface area contributed by atoms with Crippen molar-refractivity contribution in [1.29, 1.82) is 0 Å². The van der Waals surface area contributed by atoms with Crippen LogP contribution in [0.3, 0.4) is 0 Å². The lowest BCUT2D eigenvalue weighted by atomic mass is 10.1. The van der Waals surface area contributed by atoms with Gasteiger partial charge in [-0.05, 0) is 103 Å². The third kappa shape index (κ3) is 45.8. The van der Waals surface area contributed by atoms with E-state index in [1.165, 1.54) is 89.9 Å². The van der Waals surface area contributed by atoms with Crippen LogP contribution in [0.2, 0.25) is 0 Å². The van der Waals surface area contributed by atoms with Gasteiger partial charge < -0.3 is 14.2 Å². The molecule has 0 aromatic rings. The van der Waals surface area contributed by atoms with Gasteiger partial charge in [0.25, 0.3) is 0 Å². The van der Waals surface area contributed by atoms with Gasteiger partial charge in [-0.3, -0.25) is 14.4 Å². The van der Waals surface area contributed by atoms with Gasteiger partial charge in [0.05, 0.1) is 0 Å². The number of esters is 3. The predicted octanol–water partition coefficient (Wildman–Crippen LogP) is 15.9. The first kappa shape index (κ1) is 55.9. The Bertz CT molecular complexity index is 1130. The van der Waals surface area contributed by atoms with E-state index in [4.69, 9.17) is 14.2 Å². The van der Waals surface area contributed by atoms with E-state index in [9.17, 15) is 14.4 Å². The minimum atomic E-state index is -0.800. The van der Waals surface area contributed by atoms with Crippen LogP contribution in [0.5, 0.6) is 0 Å². The lowest BCUT2D eigenvalue weighted by Crippen LogP contribution is -2.30. The fourth-order valence-electron chi connectivity index (χ4n) is 6.47. The van der Waals surface area contributed by atoms with E-state index in [1.54, 1.807) is 0 Å². The minimum Gasteiger partial charge on any atom is -0.462 e. The number of unbranched alkanes of at least 4 members (excludes halogenated alkanes) is 20. The molecule has 6 nitrogen and oxygen atoms in total. The number of hydrogen-bond acceptors (Lipinski definition) is 6. The highest BCUT2D eigenvalue weighted by Gasteiger charge is 2.19. The van der Waals surface area contributed by atoms with Gasteiger partial charge in [-0.25, -0.2) is 0 Å². The first-order valence-electron chi connectivity index (χ1n) is 24.4. The third-order valence-corrected chi connectivity index (χ3v) is 10.2. The van der Waals surface area contributed by atoms with Crippen LogP contribution in [-0.2, 0) is 28.6 Å². The van der Waals surface area contributed by atoms with E-state index in [2.05, 4.69) is 93.7 Å². The molecule has 6 heteroatoms. The number of carbonyl (C=O) groups is 3. The molecule has 0 spiro atoms. The van der Waals surface area contributed by atoms with Crippen LogP contribution in [-0.4, -0.2) is 37.2 Å². The average Bonchev–Trinajstić information content (AvgIpc) is 3.23. The van der Waals surface area contributed by atoms with Crippen molar-refractivity contribution in [1.82, 2.24) is 0 Å². The summed E-state index contributed by atoms with van der Waals surface area (Å²) in [5.41, 5.74) is 0. The normalized spacial score (nSPS) is 12.7. The molecule has 0 saturated carbocycles. The Hall–Kier alpha value is -3.15. The molecule has 0 fully saturated rings. The van der Waals surface area contributed by atoms with E-state index in [1.807, 2.05) is 0 Å². The van der Waals surface area contributed by atoms with E-state index >= 15 is 0 Å². The zero-order valence-corrected chi connectivity index (χ0v) is 38.5. The predicted molar refractivity (Wildman–Crippen MR) is 251 cm³/mol. The Morgan fingerprint density at radius 2 is 0.678 bits per heavy atom. The van der Waals surface area contributed by atoms with E-state index in [0.717, 1.165) is 89.9 Å². The Morgan fingerprint density at radius 1 is 0.356 bits per heavy atom. The van der Waals surface area contributed by atoms with Gasteiger partial charge in [0, 0.05) is 19.3 Å². The highest BCUT2D eigenvalue weighted by Crippen LogP contribution is 2.13. The van der Waals surface area contributed by atoms with Crippen molar-refractivity contribution in [3.63, 3.8) is 0 Å². The van der Waals surface area contributed by atoms with E-state index < -0.39 is 6.10 Å². The molecule has 59 heavy (non-hydrogen) atoms. The summed E-state index contributed by atoms with van der Waals surface area (Å²) in [5, 5.41) is 0. The largest absolute Gasteiger partial charge is 0.462 e. The Kier molecular flexibility index (Phi) is 45.0. The molecule has 0 amide bonds. The quantitative estimate of drug-likeness (QED) is 0.0264. The second-order valence-electron chi connectivity index (χ2n) is 16.0.